The minimum atomic E-state index is 0.651. The Balaban J connectivity index is 2.53. The molecule has 0 radical (unpaired) electrons. The topological polar surface area (TPSA) is 31.4 Å². The van der Waals surface area contributed by atoms with Crippen molar-refractivity contribution < 1.29 is 9.47 Å². The zero-order chi connectivity index (χ0) is 8.81. The highest BCUT2D eigenvalue weighted by Crippen LogP contribution is 2.12. The minimum absolute atomic E-state index is 0.651. The molecule has 0 fully saturated rings. The number of nitrogens with zero attached hydrogens (tertiary/aromatic N) is 1. The summed E-state index contributed by atoms with van der Waals surface area (Å²) in [6.07, 6.45) is 2.64. The van der Waals surface area contributed by atoms with Gasteiger partial charge in [0.1, 0.15) is 5.75 Å². The molecule has 1 aromatic rings. The van der Waals surface area contributed by atoms with E-state index >= 15 is 0 Å². The van der Waals surface area contributed by atoms with Gasteiger partial charge in [-0.1, -0.05) is 6.92 Å². The van der Waals surface area contributed by atoms with Gasteiger partial charge in [0.2, 0.25) is 5.88 Å². The number of methoxy groups -OCH3 is 1. The molecule has 0 saturated carbocycles. The second-order valence-corrected chi connectivity index (χ2v) is 2.38. The first-order valence-corrected chi connectivity index (χ1v) is 3.99. The Morgan fingerprint density at radius 2 is 2.25 bits per heavy atom. The Morgan fingerprint density at radius 3 is 2.75 bits per heavy atom. The molecule has 0 N–H and O–H groups in total. The SMILES string of the molecule is CCCOc1ccc(OC)cn1. The lowest BCUT2D eigenvalue weighted by molar-refractivity contribution is 0.304. The normalized spacial score (nSPS) is 9.50. The third-order valence-electron chi connectivity index (χ3n) is 1.40. The van der Waals surface area contributed by atoms with Crippen LogP contribution in [-0.2, 0) is 0 Å². The van der Waals surface area contributed by atoms with E-state index in [0.29, 0.717) is 12.5 Å². The quantitative estimate of drug-likeness (QED) is 0.686. The van der Waals surface area contributed by atoms with Gasteiger partial charge in [-0.05, 0) is 12.5 Å². The van der Waals surface area contributed by atoms with Crippen molar-refractivity contribution in [3.63, 3.8) is 0 Å². The van der Waals surface area contributed by atoms with Crippen LogP contribution in [0.2, 0.25) is 0 Å². The van der Waals surface area contributed by atoms with Crippen LogP contribution in [0.4, 0.5) is 0 Å². The van der Waals surface area contributed by atoms with E-state index < -0.39 is 0 Å². The van der Waals surface area contributed by atoms with Crippen molar-refractivity contribution in [1.29, 1.82) is 0 Å². The molecule has 0 saturated heterocycles. The van der Waals surface area contributed by atoms with Crippen molar-refractivity contribution in [2.24, 2.45) is 0 Å². The molecule has 3 heteroatoms. The predicted octanol–water partition coefficient (Wildman–Crippen LogP) is 1.88. The van der Waals surface area contributed by atoms with E-state index in [0.717, 1.165) is 12.2 Å². The van der Waals surface area contributed by atoms with E-state index in [1.165, 1.54) is 0 Å². The fourth-order valence-electron chi connectivity index (χ4n) is 0.779. The van der Waals surface area contributed by atoms with Crippen LogP contribution in [0, 0.1) is 0 Å². The fourth-order valence-corrected chi connectivity index (χ4v) is 0.779. The molecule has 3 nitrogen and oxygen atoms in total. The molecule has 1 rings (SSSR count). The highest BCUT2D eigenvalue weighted by Gasteiger charge is 1.94. The summed E-state index contributed by atoms with van der Waals surface area (Å²) in [7, 11) is 1.61. The Morgan fingerprint density at radius 1 is 1.42 bits per heavy atom. The van der Waals surface area contributed by atoms with E-state index in [-0.39, 0.29) is 0 Å². The second-order valence-electron chi connectivity index (χ2n) is 2.38. The van der Waals surface area contributed by atoms with Crippen LogP contribution >= 0.6 is 0 Å². The molecule has 0 aliphatic carbocycles. The van der Waals surface area contributed by atoms with Crippen LogP contribution in [-0.4, -0.2) is 18.7 Å². The first-order chi connectivity index (χ1) is 5.86. The molecule has 1 heterocycles. The highest BCUT2D eigenvalue weighted by molar-refractivity contribution is 5.22. The highest BCUT2D eigenvalue weighted by atomic mass is 16.5. The molecule has 0 aromatic carbocycles. The Bertz CT molecular complexity index is 220. The summed E-state index contributed by atoms with van der Waals surface area (Å²) >= 11 is 0. The monoisotopic (exact) mass is 167 g/mol. The summed E-state index contributed by atoms with van der Waals surface area (Å²) in [5.74, 6) is 1.40. The van der Waals surface area contributed by atoms with E-state index in [1.807, 2.05) is 6.07 Å². The van der Waals surface area contributed by atoms with Gasteiger partial charge in [-0.2, -0.15) is 0 Å². The third kappa shape index (κ3) is 2.42. The Labute approximate surface area is 72.3 Å². The Kier molecular flexibility index (Phi) is 3.38. The molecule has 0 amide bonds. The summed E-state index contributed by atoms with van der Waals surface area (Å²) < 4.78 is 10.2. The number of hydrogen-bond acceptors (Lipinski definition) is 3. The molecular formula is C9H13NO2. The average molecular weight is 167 g/mol. The van der Waals surface area contributed by atoms with Crippen molar-refractivity contribution in [3.05, 3.63) is 18.3 Å². The van der Waals surface area contributed by atoms with E-state index in [1.54, 1.807) is 19.4 Å². The van der Waals surface area contributed by atoms with Crippen LogP contribution in [0.3, 0.4) is 0 Å². The van der Waals surface area contributed by atoms with Crippen molar-refractivity contribution in [2.45, 2.75) is 13.3 Å². The van der Waals surface area contributed by atoms with Gasteiger partial charge >= 0.3 is 0 Å². The minimum Gasteiger partial charge on any atom is -0.495 e. The average Bonchev–Trinajstić information content (AvgIpc) is 2.15. The van der Waals surface area contributed by atoms with E-state index in [9.17, 15) is 0 Å². The van der Waals surface area contributed by atoms with Crippen LogP contribution in [0.5, 0.6) is 11.6 Å². The molecule has 0 aliphatic heterocycles. The Hall–Kier alpha value is -1.25. The maximum Gasteiger partial charge on any atom is 0.213 e. The lowest BCUT2D eigenvalue weighted by Crippen LogP contribution is -1.96. The molecule has 0 unspecified atom stereocenters. The summed E-state index contributed by atoms with van der Waals surface area (Å²) in [5, 5.41) is 0. The molecule has 12 heavy (non-hydrogen) atoms. The zero-order valence-electron chi connectivity index (χ0n) is 7.41. The first kappa shape index (κ1) is 8.84. The molecular weight excluding hydrogens is 154 g/mol. The van der Waals surface area contributed by atoms with Crippen LogP contribution in [0.1, 0.15) is 13.3 Å². The van der Waals surface area contributed by atoms with E-state index in [2.05, 4.69) is 11.9 Å². The van der Waals surface area contributed by atoms with Gasteiger partial charge in [0.05, 0.1) is 19.9 Å². The van der Waals surface area contributed by atoms with Gasteiger partial charge in [-0.3, -0.25) is 0 Å². The van der Waals surface area contributed by atoms with E-state index in [4.69, 9.17) is 9.47 Å². The van der Waals surface area contributed by atoms with Crippen LogP contribution < -0.4 is 9.47 Å². The summed E-state index contributed by atoms with van der Waals surface area (Å²) in [5.41, 5.74) is 0. The zero-order valence-corrected chi connectivity index (χ0v) is 7.41. The number of ether oxygens (including phenoxy) is 2. The van der Waals surface area contributed by atoms with Gasteiger partial charge in [-0.25, -0.2) is 4.98 Å². The largest absolute Gasteiger partial charge is 0.495 e. The number of pyridine rings is 1. The standard InChI is InChI=1S/C9H13NO2/c1-3-6-12-9-5-4-8(11-2)7-10-9/h4-5,7H,3,6H2,1-2H3. The van der Waals surface area contributed by atoms with Crippen molar-refractivity contribution in [3.8, 4) is 11.6 Å². The first-order valence-electron chi connectivity index (χ1n) is 3.99. The van der Waals surface area contributed by atoms with Crippen molar-refractivity contribution >= 4 is 0 Å². The summed E-state index contributed by atoms with van der Waals surface area (Å²) in [6.45, 7) is 2.77. The number of rotatable bonds is 4. The molecule has 0 atom stereocenters. The van der Waals surface area contributed by atoms with Gasteiger partial charge < -0.3 is 9.47 Å². The lowest BCUT2D eigenvalue weighted by Gasteiger charge is -2.03. The van der Waals surface area contributed by atoms with Crippen molar-refractivity contribution in [1.82, 2.24) is 4.98 Å². The maximum absolute atomic E-state index is 5.29. The molecule has 0 bridgehead atoms. The van der Waals surface area contributed by atoms with Crippen LogP contribution in [0.25, 0.3) is 0 Å². The third-order valence-corrected chi connectivity index (χ3v) is 1.40. The van der Waals surface area contributed by atoms with Crippen LogP contribution in [0.15, 0.2) is 18.3 Å². The summed E-state index contributed by atoms with van der Waals surface area (Å²) in [6, 6.07) is 3.63. The van der Waals surface area contributed by atoms with Gasteiger partial charge in [-0.15, -0.1) is 0 Å². The lowest BCUT2D eigenvalue weighted by atomic mass is 10.4. The van der Waals surface area contributed by atoms with Gasteiger partial charge in [0.15, 0.2) is 0 Å². The van der Waals surface area contributed by atoms with Gasteiger partial charge in [0, 0.05) is 6.07 Å². The molecule has 1 aromatic heterocycles. The van der Waals surface area contributed by atoms with Gasteiger partial charge in [0.25, 0.3) is 0 Å². The second kappa shape index (κ2) is 4.59. The molecule has 0 spiro atoms. The van der Waals surface area contributed by atoms with Crippen molar-refractivity contribution in [2.75, 3.05) is 13.7 Å². The molecule has 0 aliphatic rings. The maximum atomic E-state index is 5.29. The summed E-state index contributed by atoms with van der Waals surface area (Å²) in [4.78, 5) is 4.04. The fraction of sp³-hybridized carbons (Fsp3) is 0.444. The number of hydrogen-bond donors (Lipinski definition) is 0. The number of aromatic nitrogens is 1. The predicted molar refractivity (Wildman–Crippen MR) is 46.6 cm³/mol. The molecule has 66 valence electrons. The smallest absolute Gasteiger partial charge is 0.213 e.